The van der Waals surface area contributed by atoms with Crippen LogP contribution in [0.5, 0.6) is 0 Å². The van der Waals surface area contributed by atoms with Crippen LogP contribution in [0.1, 0.15) is 141 Å². The predicted octanol–water partition coefficient (Wildman–Crippen LogP) is 11.0. The van der Waals surface area contributed by atoms with Crippen LogP contribution in [0.3, 0.4) is 0 Å². The quantitative estimate of drug-likeness (QED) is 0.181. The Kier molecular flexibility index (Phi) is 15.3. The molecule has 0 amide bonds. The standard InChI is InChI=1S/C32H52/c1-3-5-7-9-11-13-15-17-19-23-29-27-28-30-24-21-22-26-32(30)31(29)25-20-18-16-14-12-10-8-6-4-2/h21-22,24,26-28H,3-20,23,25H2,1-2H3. The maximum absolute atomic E-state index is 2.44. The van der Waals surface area contributed by atoms with Crippen molar-refractivity contribution in [2.45, 2.75) is 142 Å². The molecule has 0 nitrogen and oxygen atoms in total. The van der Waals surface area contributed by atoms with E-state index in [2.05, 4.69) is 50.2 Å². The Balaban J connectivity index is 1.74. The summed E-state index contributed by atoms with van der Waals surface area (Å²) in [7, 11) is 0. The molecule has 2 aromatic carbocycles. The molecule has 0 unspecified atom stereocenters. The third-order valence-electron chi connectivity index (χ3n) is 7.22. The van der Waals surface area contributed by atoms with Crippen LogP contribution < -0.4 is 0 Å². The number of benzene rings is 2. The fraction of sp³-hybridized carbons (Fsp3) is 0.688. The van der Waals surface area contributed by atoms with E-state index in [-0.39, 0.29) is 0 Å². The molecule has 0 bridgehead atoms. The van der Waals surface area contributed by atoms with Crippen LogP contribution in [-0.4, -0.2) is 0 Å². The molecule has 0 aliphatic carbocycles. The molecule has 0 aliphatic heterocycles. The SMILES string of the molecule is CCCCCCCCCCCc1ccc2ccccc2c1CCCCCCCCCCC. The zero-order valence-electron chi connectivity index (χ0n) is 21.6. The zero-order chi connectivity index (χ0) is 22.7. The summed E-state index contributed by atoms with van der Waals surface area (Å²) < 4.78 is 0. The summed E-state index contributed by atoms with van der Waals surface area (Å²) in [4.78, 5) is 0. The largest absolute Gasteiger partial charge is 0.0654 e. The highest BCUT2D eigenvalue weighted by Crippen LogP contribution is 2.26. The summed E-state index contributed by atoms with van der Waals surface area (Å²) in [6.07, 6.45) is 28.0. The van der Waals surface area contributed by atoms with Crippen LogP contribution in [0.2, 0.25) is 0 Å². The van der Waals surface area contributed by atoms with Gasteiger partial charge in [-0.1, -0.05) is 153 Å². The van der Waals surface area contributed by atoms with E-state index in [0.717, 1.165) is 0 Å². The minimum absolute atomic E-state index is 1.27. The third kappa shape index (κ3) is 11.0. The number of fused-ring (bicyclic) bond motifs is 1. The maximum Gasteiger partial charge on any atom is -0.0149 e. The van der Waals surface area contributed by atoms with Gasteiger partial charge in [-0.3, -0.25) is 0 Å². The summed E-state index contributed by atoms with van der Waals surface area (Å²) in [5.41, 5.74) is 3.29. The molecule has 0 heteroatoms. The van der Waals surface area contributed by atoms with Gasteiger partial charge in [0.15, 0.2) is 0 Å². The second-order valence-corrected chi connectivity index (χ2v) is 10.1. The van der Waals surface area contributed by atoms with E-state index < -0.39 is 0 Å². The maximum atomic E-state index is 2.44. The van der Waals surface area contributed by atoms with Gasteiger partial charge in [-0.2, -0.15) is 0 Å². The van der Waals surface area contributed by atoms with Crippen LogP contribution in [0.4, 0.5) is 0 Å². The second kappa shape index (κ2) is 18.2. The third-order valence-corrected chi connectivity index (χ3v) is 7.22. The van der Waals surface area contributed by atoms with Crippen molar-refractivity contribution in [1.82, 2.24) is 0 Å². The van der Waals surface area contributed by atoms with Crippen LogP contribution in [0, 0.1) is 0 Å². The highest BCUT2D eigenvalue weighted by molar-refractivity contribution is 5.86. The van der Waals surface area contributed by atoms with E-state index in [1.54, 1.807) is 11.1 Å². The van der Waals surface area contributed by atoms with Gasteiger partial charge >= 0.3 is 0 Å². The lowest BCUT2D eigenvalue weighted by Crippen LogP contribution is -1.97. The monoisotopic (exact) mass is 436 g/mol. The molecule has 0 aromatic heterocycles. The minimum Gasteiger partial charge on any atom is -0.0654 e. The van der Waals surface area contributed by atoms with Gasteiger partial charge in [-0.05, 0) is 47.6 Å². The predicted molar refractivity (Wildman–Crippen MR) is 146 cm³/mol. The fourth-order valence-electron chi connectivity index (χ4n) is 5.15. The van der Waals surface area contributed by atoms with Gasteiger partial charge in [0.1, 0.15) is 0 Å². The molecule has 2 rings (SSSR count). The van der Waals surface area contributed by atoms with E-state index in [0.29, 0.717) is 0 Å². The Hall–Kier alpha value is -1.30. The van der Waals surface area contributed by atoms with Crippen molar-refractivity contribution in [2.75, 3.05) is 0 Å². The molecule has 0 saturated heterocycles. The first-order valence-corrected chi connectivity index (χ1v) is 14.4. The molecule has 0 N–H and O–H groups in total. The van der Waals surface area contributed by atoms with E-state index in [1.807, 2.05) is 0 Å². The highest BCUT2D eigenvalue weighted by atomic mass is 14.1. The normalized spacial score (nSPS) is 11.4. The van der Waals surface area contributed by atoms with E-state index in [9.17, 15) is 0 Å². The average Bonchev–Trinajstić information content (AvgIpc) is 2.82. The first-order valence-electron chi connectivity index (χ1n) is 14.4. The second-order valence-electron chi connectivity index (χ2n) is 10.1. The molecule has 0 aliphatic rings. The van der Waals surface area contributed by atoms with Crippen LogP contribution in [0.25, 0.3) is 10.8 Å². The van der Waals surface area contributed by atoms with Crippen molar-refractivity contribution in [3.8, 4) is 0 Å². The summed E-state index contributed by atoms with van der Waals surface area (Å²) in [6.45, 7) is 4.60. The van der Waals surface area contributed by atoms with Crippen molar-refractivity contribution in [2.24, 2.45) is 0 Å². The van der Waals surface area contributed by atoms with Gasteiger partial charge in [-0.15, -0.1) is 0 Å². The Labute approximate surface area is 200 Å². The molecule has 0 saturated carbocycles. The molecular formula is C32H52. The summed E-state index contributed by atoms with van der Waals surface area (Å²) in [6, 6.07) is 13.9. The molecule has 0 radical (unpaired) electrons. The van der Waals surface area contributed by atoms with Gasteiger partial charge in [-0.25, -0.2) is 0 Å². The topological polar surface area (TPSA) is 0 Å². The summed E-state index contributed by atoms with van der Waals surface area (Å²) >= 11 is 0. The molecular weight excluding hydrogens is 384 g/mol. The Morgan fingerprint density at radius 1 is 0.438 bits per heavy atom. The summed E-state index contributed by atoms with van der Waals surface area (Å²) in [5, 5.41) is 2.94. The number of hydrogen-bond acceptors (Lipinski definition) is 0. The van der Waals surface area contributed by atoms with Crippen molar-refractivity contribution < 1.29 is 0 Å². The van der Waals surface area contributed by atoms with Gasteiger partial charge in [0.05, 0.1) is 0 Å². The van der Waals surface area contributed by atoms with E-state index >= 15 is 0 Å². The summed E-state index contributed by atoms with van der Waals surface area (Å²) in [5.74, 6) is 0. The van der Waals surface area contributed by atoms with Crippen LogP contribution >= 0.6 is 0 Å². The number of unbranched alkanes of at least 4 members (excludes halogenated alkanes) is 16. The number of hydrogen-bond donors (Lipinski definition) is 0. The zero-order valence-corrected chi connectivity index (χ0v) is 21.6. The Morgan fingerprint density at radius 2 is 0.906 bits per heavy atom. The van der Waals surface area contributed by atoms with E-state index in [1.165, 1.54) is 139 Å². The highest BCUT2D eigenvalue weighted by Gasteiger charge is 2.08. The van der Waals surface area contributed by atoms with Crippen molar-refractivity contribution in [1.29, 1.82) is 0 Å². The molecule has 0 spiro atoms. The molecule has 2 aromatic rings. The Morgan fingerprint density at radius 3 is 1.47 bits per heavy atom. The molecule has 0 fully saturated rings. The first kappa shape index (κ1) is 26.9. The fourth-order valence-corrected chi connectivity index (χ4v) is 5.15. The number of rotatable bonds is 20. The molecule has 32 heavy (non-hydrogen) atoms. The lowest BCUT2D eigenvalue weighted by molar-refractivity contribution is 0.561. The van der Waals surface area contributed by atoms with Gasteiger partial charge < -0.3 is 0 Å². The average molecular weight is 437 g/mol. The van der Waals surface area contributed by atoms with Crippen molar-refractivity contribution in [3.63, 3.8) is 0 Å². The first-order chi connectivity index (χ1) is 15.9. The minimum atomic E-state index is 1.27. The van der Waals surface area contributed by atoms with Gasteiger partial charge in [0.2, 0.25) is 0 Å². The van der Waals surface area contributed by atoms with Crippen molar-refractivity contribution >= 4 is 10.8 Å². The molecule has 0 heterocycles. The number of aryl methyl sites for hydroxylation is 2. The molecule has 0 atom stereocenters. The van der Waals surface area contributed by atoms with Gasteiger partial charge in [0.25, 0.3) is 0 Å². The van der Waals surface area contributed by atoms with Crippen molar-refractivity contribution in [3.05, 3.63) is 47.5 Å². The molecule has 180 valence electrons. The Bertz CT molecular complexity index is 698. The lowest BCUT2D eigenvalue weighted by Gasteiger charge is -2.14. The van der Waals surface area contributed by atoms with Crippen LogP contribution in [-0.2, 0) is 12.8 Å². The van der Waals surface area contributed by atoms with E-state index in [4.69, 9.17) is 0 Å². The smallest absolute Gasteiger partial charge is 0.0149 e. The van der Waals surface area contributed by atoms with Gasteiger partial charge in [0, 0.05) is 0 Å². The van der Waals surface area contributed by atoms with Crippen LogP contribution in [0.15, 0.2) is 36.4 Å². The lowest BCUT2D eigenvalue weighted by atomic mass is 9.91.